The summed E-state index contributed by atoms with van der Waals surface area (Å²) >= 11 is 0. The van der Waals surface area contributed by atoms with E-state index in [1.54, 1.807) is 36.2 Å². The van der Waals surface area contributed by atoms with E-state index < -0.39 is 0 Å². The molecule has 0 aliphatic rings. The molecule has 0 saturated carbocycles. The van der Waals surface area contributed by atoms with Gasteiger partial charge in [-0.25, -0.2) is 0 Å². The van der Waals surface area contributed by atoms with Crippen molar-refractivity contribution >= 4 is 17.5 Å². The zero-order valence-electron chi connectivity index (χ0n) is 12.8. The lowest BCUT2D eigenvalue weighted by molar-refractivity contribution is -0.140. The number of amides is 2. The summed E-state index contributed by atoms with van der Waals surface area (Å²) in [7, 11) is 1.59. The maximum Gasteiger partial charge on any atom is 0.260 e. The number of benzene rings is 1. The Morgan fingerprint density at radius 2 is 1.67 bits per heavy atom. The van der Waals surface area contributed by atoms with Crippen molar-refractivity contribution in [1.82, 2.24) is 9.80 Å². The highest BCUT2D eigenvalue weighted by molar-refractivity contribution is 5.85. The fourth-order valence-electron chi connectivity index (χ4n) is 1.79. The molecule has 1 rings (SSSR count). The molecule has 0 aliphatic heterocycles. The van der Waals surface area contributed by atoms with Gasteiger partial charge in [-0.2, -0.15) is 0 Å². The van der Waals surface area contributed by atoms with Crippen molar-refractivity contribution in [2.24, 2.45) is 0 Å². The Kier molecular flexibility index (Phi) is 6.52. The Hall–Kier alpha value is -2.24. The van der Waals surface area contributed by atoms with Gasteiger partial charge in [0.1, 0.15) is 5.75 Å². The Balaban J connectivity index is 2.44. The van der Waals surface area contributed by atoms with Crippen molar-refractivity contribution in [1.29, 1.82) is 0 Å². The number of likely N-dealkylation sites (N-methyl/N-ethyl adjacent to an activating group) is 2. The predicted molar refractivity (Wildman–Crippen MR) is 81.9 cm³/mol. The molecule has 2 N–H and O–H groups in total. The quantitative estimate of drug-likeness (QED) is 0.760. The number of nitrogens with two attached hydrogens (primary N) is 1. The van der Waals surface area contributed by atoms with Gasteiger partial charge in [-0.15, -0.1) is 0 Å². The number of carbonyl (C=O) groups is 2. The minimum Gasteiger partial charge on any atom is -0.484 e. The average molecular weight is 293 g/mol. The fourth-order valence-corrected chi connectivity index (χ4v) is 1.79. The molecule has 0 radical (unpaired) electrons. The van der Waals surface area contributed by atoms with E-state index in [0.717, 1.165) is 0 Å². The number of nitrogens with zero attached hydrogens (tertiary/aromatic N) is 2. The van der Waals surface area contributed by atoms with E-state index in [1.165, 1.54) is 4.90 Å². The zero-order valence-corrected chi connectivity index (χ0v) is 12.8. The highest BCUT2D eigenvalue weighted by Crippen LogP contribution is 2.12. The molecule has 1 aromatic rings. The van der Waals surface area contributed by atoms with Crippen LogP contribution in [0.15, 0.2) is 24.3 Å². The monoisotopic (exact) mass is 293 g/mol. The molecule has 0 bridgehead atoms. The summed E-state index contributed by atoms with van der Waals surface area (Å²) in [6.07, 6.45) is 0. The smallest absolute Gasteiger partial charge is 0.260 e. The van der Waals surface area contributed by atoms with E-state index in [-0.39, 0.29) is 25.0 Å². The van der Waals surface area contributed by atoms with E-state index in [0.29, 0.717) is 24.5 Å². The molecule has 0 spiro atoms. The second-order valence-corrected chi connectivity index (χ2v) is 4.67. The van der Waals surface area contributed by atoms with Gasteiger partial charge < -0.3 is 20.3 Å². The number of anilines is 1. The van der Waals surface area contributed by atoms with Crippen molar-refractivity contribution < 1.29 is 14.3 Å². The summed E-state index contributed by atoms with van der Waals surface area (Å²) in [4.78, 5) is 26.9. The van der Waals surface area contributed by atoms with Crippen LogP contribution >= 0.6 is 0 Å². The van der Waals surface area contributed by atoms with Gasteiger partial charge in [0, 0.05) is 25.8 Å². The molecule has 0 heterocycles. The van der Waals surface area contributed by atoms with Crippen LogP contribution in [-0.4, -0.2) is 54.9 Å². The van der Waals surface area contributed by atoms with Crippen LogP contribution in [0.4, 0.5) is 5.69 Å². The van der Waals surface area contributed by atoms with Crippen molar-refractivity contribution in [2.45, 2.75) is 13.8 Å². The van der Waals surface area contributed by atoms with Crippen LogP contribution in [-0.2, 0) is 9.59 Å². The molecule has 0 aliphatic carbocycles. The second-order valence-electron chi connectivity index (χ2n) is 4.67. The summed E-state index contributed by atoms with van der Waals surface area (Å²) in [5, 5.41) is 0. The van der Waals surface area contributed by atoms with Gasteiger partial charge in [0.25, 0.3) is 5.91 Å². The second kappa shape index (κ2) is 8.14. The number of hydrogen-bond donors (Lipinski definition) is 1. The van der Waals surface area contributed by atoms with Gasteiger partial charge in [0.2, 0.25) is 5.91 Å². The van der Waals surface area contributed by atoms with Crippen LogP contribution < -0.4 is 10.5 Å². The van der Waals surface area contributed by atoms with Crippen LogP contribution in [0.3, 0.4) is 0 Å². The van der Waals surface area contributed by atoms with E-state index in [9.17, 15) is 9.59 Å². The molecule has 6 heteroatoms. The van der Waals surface area contributed by atoms with Gasteiger partial charge in [0.15, 0.2) is 6.61 Å². The molecule has 21 heavy (non-hydrogen) atoms. The molecule has 0 saturated heterocycles. The van der Waals surface area contributed by atoms with Gasteiger partial charge in [-0.1, -0.05) is 0 Å². The van der Waals surface area contributed by atoms with Crippen molar-refractivity contribution in [2.75, 3.05) is 39.0 Å². The summed E-state index contributed by atoms with van der Waals surface area (Å²) in [5.74, 6) is 0.261. The van der Waals surface area contributed by atoms with Crippen LogP contribution in [0, 0.1) is 0 Å². The van der Waals surface area contributed by atoms with Gasteiger partial charge in [0.05, 0.1) is 6.54 Å². The lowest BCUT2D eigenvalue weighted by atomic mass is 10.3. The molecular weight excluding hydrogens is 270 g/mol. The van der Waals surface area contributed by atoms with Gasteiger partial charge >= 0.3 is 0 Å². The minimum atomic E-state index is -0.243. The molecule has 1 aromatic carbocycles. The lowest BCUT2D eigenvalue weighted by Gasteiger charge is -2.23. The van der Waals surface area contributed by atoms with Gasteiger partial charge in [-0.3, -0.25) is 9.59 Å². The number of rotatable bonds is 7. The minimum absolute atomic E-state index is 0.0611. The number of hydrogen-bond acceptors (Lipinski definition) is 4. The SMILES string of the molecule is CCN(CC)C(=O)CN(C)C(=O)COc1ccc(N)cc1. The topological polar surface area (TPSA) is 75.9 Å². The first-order valence-electron chi connectivity index (χ1n) is 6.98. The van der Waals surface area contributed by atoms with E-state index in [2.05, 4.69) is 0 Å². The Bertz CT molecular complexity index is 470. The van der Waals surface area contributed by atoms with E-state index >= 15 is 0 Å². The number of carbonyl (C=O) groups excluding carboxylic acids is 2. The molecular formula is C15H23N3O3. The van der Waals surface area contributed by atoms with Gasteiger partial charge in [-0.05, 0) is 38.1 Å². The zero-order chi connectivity index (χ0) is 15.8. The highest BCUT2D eigenvalue weighted by atomic mass is 16.5. The first kappa shape index (κ1) is 16.8. The molecule has 6 nitrogen and oxygen atoms in total. The van der Waals surface area contributed by atoms with Crippen molar-refractivity contribution in [3.63, 3.8) is 0 Å². The lowest BCUT2D eigenvalue weighted by Crippen LogP contribution is -2.42. The third-order valence-corrected chi connectivity index (χ3v) is 3.16. The Morgan fingerprint density at radius 3 is 2.19 bits per heavy atom. The third kappa shape index (κ3) is 5.33. The summed E-state index contributed by atoms with van der Waals surface area (Å²) < 4.78 is 5.37. The Labute approximate surface area is 125 Å². The van der Waals surface area contributed by atoms with Crippen molar-refractivity contribution in [3.05, 3.63) is 24.3 Å². The summed E-state index contributed by atoms with van der Waals surface area (Å²) in [5.41, 5.74) is 6.20. The third-order valence-electron chi connectivity index (χ3n) is 3.16. The number of ether oxygens (including phenoxy) is 1. The molecule has 0 fully saturated rings. The molecule has 2 amide bonds. The maximum atomic E-state index is 11.9. The predicted octanol–water partition coefficient (Wildman–Crippen LogP) is 0.974. The average Bonchev–Trinajstić information content (AvgIpc) is 2.47. The molecule has 116 valence electrons. The molecule has 0 atom stereocenters. The fraction of sp³-hybridized carbons (Fsp3) is 0.467. The first-order valence-corrected chi connectivity index (χ1v) is 6.98. The standard InChI is InChI=1S/C15H23N3O3/c1-4-18(5-2)14(19)10-17(3)15(20)11-21-13-8-6-12(16)7-9-13/h6-9H,4-5,10-11,16H2,1-3H3. The number of nitrogen functional groups attached to an aromatic ring is 1. The largest absolute Gasteiger partial charge is 0.484 e. The van der Waals surface area contributed by atoms with Crippen molar-refractivity contribution in [3.8, 4) is 5.75 Å². The first-order chi connectivity index (χ1) is 9.97. The molecule has 0 unspecified atom stereocenters. The Morgan fingerprint density at radius 1 is 1.10 bits per heavy atom. The van der Waals surface area contributed by atoms with Crippen LogP contribution in [0.5, 0.6) is 5.75 Å². The highest BCUT2D eigenvalue weighted by Gasteiger charge is 2.16. The maximum absolute atomic E-state index is 11.9. The molecule has 0 aromatic heterocycles. The van der Waals surface area contributed by atoms with Crippen LogP contribution in [0.25, 0.3) is 0 Å². The summed E-state index contributed by atoms with van der Waals surface area (Å²) in [6, 6.07) is 6.80. The van der Waals surface area contributed by atoms with Crippen LogP contribution in [0.1, 0.15) is 13.8 Å². The van der Waals surface area contributed by atoms with E-state index in [1.807, 2.05) is 13.8 Å². The van der Waals surface area contributed by atoms with Crippen LogP contribution in [0.2, 0.25) is 0 Å². The van der Waals surface area contributed by atoms with E-state index in [4.69, 9.17) is 10.5 Å². The summed E-state index contributed by atoms with van der Waals surface area (Å²) in [6.45, 7) is 5.05. The normalized spacial score (nSPS) is 10.0.